The van der Waals surface area contributed by atoms with Crippen LogP contribution in [0.15, 0.2) is 24.3 Å². The molecule has 0 radical (unpaired) electrons. The first-order valence-corrected chi connectivity index (χ1v) is 7.45. The fourth-order valence-corrected chi connectivity index (χ4v) is 3.28. The number of rotatable bonds is 2. The van der Waals surface area contributed by atoms with Gasteiger partial charge in [-0.3, -0.25) is 4.79 Å². The summed E-state index contributed by atoms with van der Waals surface area (Å²) in [6, 6.07) is 8.19. The molecular weight excluding hydrogens is 244 g/mol. The fourth-order valence-electron chi connectivity index (χ4n) is 2.19. The van der Waals surface area contributed by atoms with E-state index in [-0.39, 0.29) is 11.9 Å². The third-order valence-electron chi connectivity index (χ3n) is 3.26. The van der Waals surface area contributed by atoms with Crippen molar-refractivity contribution in [1.82, 2.24) is 4.90 Å². The Morgan fingerprint density at radius 3 is 2.72 bits per heavy atom. The Hall–Kier alpha value is -1.00. The highest BCUT2D eigenvalue weighted by Crippen LogP contribution is 2.30. The highest BCUT2D eigenvalue weighted by Gasteiger charge is 2.29. The molecule has 0 aromatic heterocycles. The molecule has 1 aromatic rings. The Morgan fingerprint density at radius 1 is 1.44 bits per heavy atom. The van der Waals surface area contributed by atoms with Crippen molar-refractivity contribution in [2.75, 3.05) is 18.1 Å². The van der Waals surface area contributed by atoms with E-state index in [1.165, 1.54) is 11.1 Å². The topological polar surface area (TPSA) is 46.3 Å². The molecule has 2 N–H and O–H groups in total. The molecule has 4 heteroatoms. The number of hydrogen-bond acceptors (Lipinski definition) is 3. The van der Waals surface area contributed by atoms with Crippen LogP contribution in [0.1, 0.15) is 24.1 Å². The molecule has 1 heterocycles. The maximum Gasteiger partial charge on any atom is 0.239 e. The molecule has 0 saturated carbocycles. The van der Waals surface area contributed by atoms with Crippen LogP contribution >= 0.6 is 11.8 Å². The summed E-state index contributed by atoms with van der Waals surface area (Å²) in [7, 11) is 0. The first kappa shape index (κ1) is 13.4. The third-order valence-corrected chi connectivity index (χ3v) is 4.29. The van der Waals surface area contributed by atoms with Crippen LogP contribution in [-0.2, 0) is 4.79 Å². The van der Waals surface area contributed by atoms with Crippen LogP contribution in [0.3, 0.4) is 0 Å². The first-order valence-electron chi connectivity index (χ1n) is 6.30. The Labute approximate surface area is 113 Å². The van der Waals surface area contributed by atoms with Crippen LogP contribution in [0.5, 0.6) is 0 Å². The highest BCUT2D eigenvalue weighted by atomic mass is 32.2. The van der Waals surface area contributed by atoms with Crippen molar-refractivity contribution in [3.05, 3.63) is 35.4 Å². The SMILES string of the molecule is Cc1ccc(C2CSCCN2C(=O)[C@H](C)N)cc1. The van der Waals surface area contributed by atoms with Gasteiger partial charge in [0.25, 0.3) is 0 Å². The van der Waals surface area contributed by atoms with Gasteiger partial charge in [0.15, 0.2) is 0 Å². The predicted octanol–water partition coefficient (Wildman–Crippen LogP) is 1.96. The zero-order valence-corrected chi connectivity index (χ0v) is 11.7. The number of carbonyl (C=O) groups excluding carboxylic acids is 1. The summed E-state index contributed by atoms with van der Waals surface area (Å²) < 4.78 is 0. The zero-order valence-electron chi connectivity index (χ0n) is 10.9. The van der Waals surface area contributed by atoms with E-state index in [4.69, 9.17) is 5.73 Å². The van der Waals surface area contributed by atoms with Crippen molar-refractivity contribution < 1.29 is 4.79 Å². The second-order valence-electron chi connectivity index (χ2n) is 4.82. The number of aryl methyl sites for hydroxylation is 1. The minimum atomic E-state index is -0.416. The van der Waals surface area contributed by atoms with E-state index in [1.54, 1.807) is 6.92 Å². The number of benzene rings is 1. The van der Waals surface area contributed by atoms with Gasteiger partial charge in [-0.25, -0.2) is 0 Å². The molecule has 1 fully saturated rings. The van der Waals surface area contributed by atoms with Gasteiger partial charge in [-0.15, -0.1) is 0 Å². The lowest BCUT2D eigenvalue weighted by Gasteiger charge is -2.36. The molecule has 2 atom stereocenters. The van der Waals surface area contributed by atoms with Crippen LogP contribution in [-0.4, -0.2) is 34.9 Å². The van der Waals surface area contributed by atoms with Gasteiger partial charge in [-0.1, -0.05) is 29.8 Å². The summed E-state index contributed by atoms with van der Waals surface area (Å²) in [5, 5.41) is 0. The van der Waals surface area contributed by atoms with Crippen LogP contribution in [0.25, 0.3) is 0 Å². The van der Waals surface area contributed by atoms with E-state index >= 15 is 0 Å². The summed E-state index contributed by atoms with van der Waals surface area (Å²) in [4.78, 5) is 14.1. The summed E-state index contributed by atoms with van der Waals surface area (Å²) in [5.74, 6) is 2.02. The van der Waals surface area contributed by atoms with Gasteiger partial charge >= 0.3 is 0 Å². The predicted molar refractivity (Wildman–Crippen MR) is 76.6 cm³/mol. The fraction of sp³-hybridized carbons (Fsp3) is 0.500. The van der Waals surface area contributed by atoms with Crippen LogP contribution in [0, 0.1) is 6.92 Å². The normalized spacial score (nSPS) is 21.7. The molecular formula is C14H20N2OS. The average molecular weight is 264 g/mol. The lowest BCUT2D eigenvalue weighted by Crippen LogP contribution is -2.47. The van der Waals surface area contributed by atoms with Crippen molar-refractivity contribution in [3.63, 3.8) is 0 Å². The second-order valence-corrected chi connectivity index (χ2v) is 5.97. The number of amides is 1. The van der Waals surface area contributed by atoms with Gasteiger partial charge in [-0.05, 0) is 19.4 Å². The molecule has 1 aliphatic heterocycles. The minimum absolute atomic E-state index is 0.0564. The first-order chi connectivity index (χ1) is 8.59. The average Bonchev–Trinajstić information content (AvgIpc) is 2.39. The summed E-state index contributed by atoms with van der Waals surface area (Å²) >= 11 is 1.90. The summed E-state index contributed by atoms with van der Waals surface area (Å²) in [5.41, 5.74) is 8.19. The van der Waals surface area contributed by atoms with E-state index in [9.17, 15) is 4.79 Å². The molecule has 18 heavy (non-hydrogen) atoms. The number of hydrogen-bond donors (Lipinski definition) is 1. The quantitative estimate of drug-likeness (QED) is 0.888. The van der Waals surface area contributed by atoms with Gasteiger partial charge in [-0.2, -0.15) is 11.8 Å². The Morgan fingerprint density at radius 2 is 2.11 bits per heavy atom. The Bertz CT molecular complexity index is 416. The van der Waals surface area contributed by atoms with Crippen molar-refractivity contribution in [2.24, 2.45) is 5.73 Å². The molecule has 3 nitrogen and oxygen atoms in total. The van der Waals surface area contributed by atoms with Crippen LogP contribution in [0.2, 0.25) is 0 Å². The van der Waals surface area contributed by atoms with E-state index < -0.39 is 6.04 Å². The van der Waals surface area contributed by atoms with Gasteiger partial charge in [0.1, 0.15) is 0 Å². The second kappa shape index (κ2) is 5.76. The standard InChI is InChI=1S/C14H20N2OS/c1-10-3-5-12(6-4-10)13-9-18-8-7-16(13)14(17)11(2)15/h3-6,11,13H,7-9,15H2,1-2H3/t11-,13?/m0/s1. The maximum absolute atomic E-state index is 12.1. The monoisotopic (exact) mass is 264 g/mol. The number of nitrogens with zero attached hydrogens (tertiary/aromatic N) is 1. The molecule has 0 bridgehead atoms. The van der Waals surface area contributed by atoms with Crippen LogP contribution < -0.4 is 5.73 Å². The molecule has 2 rings (SSSR count). The molecule has 1 unspecified atom stereocenters. The van der Waals surface area contributed by atoms with Crippen LogP contribution in [0.4, 0.5) is 0 Å². The molecule has 1 saturated heterocycles. The smallest absolute Gasteiger partial charge is 0.239 e. The molecule has 1 aromatic carbocycles. The van der Waals surface area contributed by atoms with E-state index in [0.717, 1.165) is 18.1 Å². The molecule has 0 spiro atoms. The summed E-state index contributed by atoms with van der Waals surface area (Å²) in [6.45, 7) is 4.63. The minimum Gasteiger partial charge on any atom is -0.333 e. The molecule has 98 valence electrons. The zero-order chi connectivity index (χ0) is 13.1. The van der Waals surface area contributed by atoms with E-state index in [1.807, 2.05) is 16.7 Å². The Kier molecular flexibility index (Phi) is 4.30. The lowest BCUT2D eigenvalue weighted by atomic mass is 10.0. The number of thioether (sulfide) groups is 1. The van der Waals surface area contributed by atoms with Crippen molar-refractivity contribution in [3.8, 4) is 0 Å². The van der Waals surface area contributed by atoms with Gasteiger partial charge in [0.2, 0.25) is 5.91 Å². The van der Waals surface area contributed by atoms with Crippen molar-refractivity contribution in [1.29, 1.82) is 0 Å². The molecule has 0 aliphatic carbocycles. The highest BCUT2D eigenvalue weighted by molar-refractivity contribution is 7.99. The summed E-state index contributed by atoms with van der Waals surface area (Å²) in [6.07, 6.45) is 0. The Balaban J connectivity index is 2.22. The van der Waals surface area contributed by atoms with Crippen molar-refractivity contribution >= 4 is 17.7 Å². The number of nitrogens with two attached hydrogens (primary N) is 1. The van der Waals surface area contributed by atoms with Crippen molar-refractivity contribution in [2.45, 2.75) is 25.9 Å². The van der Waals surface area contributed by atoms with Gasteiger partial charge in [0.05, 0.1) is 12.1 Å². The maximum atomic E-state index is 12.1. The van der Waals surface area contributed by atoms with E-state index in [2.05, 4.69) is 31.2 Å². The lowest BCUT2D eigenvalue weighted by molar-refractivity contribution is -0.134. The molecule has 1 amide bonds. The van der Waals surface area contributed by atoms with Gasteiger partial charge in [0, 0.05) is 18.1 Å². The largest absolute Gasteiger partial charge is 0.333 e. The van der Waals surface area contributed by atoms with Gasteiger partial charge < -0.3 is 10.6 Å². The molecule has 1 aliphatic rings. The third kappa shape index (κ3) is 2.87. The number of carbonyl (C=O) groups is 1. The van der Waals surface area contributed by atoms with E-state index in [0.29, 0.717) is 0 Å².